The average molecular weight is 370 g/mol. The van der Waals surface area contributed by atoms with Gasteiger partial charge in [-0.05, 0) is 31.6 Å². The van der Waals surface area contributed by atoms with Crippen molar-refractivity contribution in [3.63, 3.8) is 0 Å². The van der Waals surface area contributed by atoms with Gasteiger partial charge in [0.15, 0.2) is 5.11 Å². The van der Waals surface area contributed by atoms with Crippen LogP contribution in [0.1, 0.15) is 38.3 Å². The minimum atomic E-state index is -2.97. The first-order valence-corrected chi connectivity index (χ1v) is 8.40. The number of hydrogen-bond acceptors (Lipinski definition) is 4. The van der Waals surface area contributed by atoms with Gasteiger partial charge in [-0.3, -0.25) is 0 Å². The van der Waals surface area contributed by atoms with Crippen LogP contribution >= 0.6 is 12.2 Å². The molecule has 1 aromatic carbocycles. The van der Waals surface area contributed by atoms with E-state index in [2.05, 4.69) is 15.4 Å². The highest BCUT2D eigenvalue weighted by Crippen LogP contribution is 2.35. The van der Waals surface area contributed by atoms with E-state index in [4.69, 9.17) is 17.0 Å². The number of halogens is 2. The molecule has 136 valence electrons. The monoisotopic (exact) mass is 370 g/mol. The molecular formula is C17H20F2N2O3S. The molecule has 1 heterocycles. The number of para-hydroxylation sites is 1. The van der Waals surface area contributed by atoms with E-state index < -0.39 is 18.6 Å². The van der Waals surface area contributed by atoms with E-state index in [9.17, 15) is 13.6 Å². The summed E-state index contributed by atoms with van der Waals surface area (Å²) in [5.74, 6) is -0.539. The summed E-state index contributed by atoms with van der Waals surface area (Å²) in [6.07, 6.45) is 1.35. The quantitative estimate of drug-likeness (QED) is 0.567. The smallest absolute Gasteiger partial charge is 0.387 e. The molecule has 5 nitrogen and oxygen atoms in total. The van der Waals surface area contributed by atoms with Crippen LogP contribution in [0.3, 0.4) is 0 Å². The van der Waals surface area contributed by atoms with Gasteiger partial charge in [-0.1, -0.05) is 31.5 Å². The third-order valence-electron chi connectivity index (χ3n) is 3.60. The van der Waals surface area contributed by atoms with Crippen LogP contribution in [-0.2, 0) is 9.53 Å². The van der Waals surface area contributed by atoms with Crippen molar-refractivity contribution in [3.05, 3.63) is 41.1 Å². The van der Waals surface area contributed by atoms with Gasteiger partial charge in [0.05, 0.1) is 18.2 Å². The second-order valence-corrected chi connectivity index (χ2v) is 5.72. The van der Waals surface area contributed by atoms with Crippen LogP contribution in [0.5, 0.6) is 5.75 Å². The average Bonchev–Trinajstić information content (AvgIpc) is 2.54. The lowest BCUT2D eigenvalue weighted by molar-refractivity contribution is -0.139. The molecule has 0 bridgehead atoms. The lowest BCUT2D eigenvalue weighted by Crippen LogP contribution is -2.46. The second-order valence-electron chi connectivity index (χ2n) is 5.31. The fourth-order valence-corrected chi connectivity index (χ4v) is 2.91. The van der Waals surface area contributed by atoms with Crippen molar-refractivity contribution in [2.45, 2.75) is 39.3 Å². The second kappa shape index (κ2) is 8.75. The molecule has 0 spiro atoms. The van der Waals surface area contributed by atoms with Gasteiger partial charge in [-0.25, -0.2) is 4.79 Å². The van der Waals surface area contributed by atoms with E-state index in [-0.39, 0.29) is 12.4 Å². The standard InChI is InChI=1S/C17H20F2N2O3S/c1-3-7-11-13(15(22)23-4-2)14(21-17(25)20-11)10-8-5-6-9-12(10)24-16(18)19/h5-6,8-9,14,16H,3-4,7H2,1-2H3,(H2,20,21,25)/t14-/m0/s1. The highest BCUT2D eigenvalue weighted by Gasteiger charge is 2.34. The van der Waals surface area contributed by atoms with Gasteiger partial charge >= 0.3 is 12.6 Å². The minimum Gasteiger partial charge on any atom is -0.463 e. The predicted molar refractivity (Wildman–Crippen MR) is 93.3 cm³/mol. The van der Waals surface area contributed by atoms with Crippen molar-refractivity contribution in [1.29, 1.82) is 0 Å². The number of nitrogens with one attached hydrogen (secondary N) is 2. The van der Waals surface area contributed by atoms with Gasteiger partial charge in [-0.15, -0.1) is 0 Å². The summed E-state index contributed by atoms with van der Waals surface area (Å²) in [6, 6.07) is 5.58. The van der Waals surface area contributed by atoms with Crippen LogP contribution in [0.25, 0.3) is 0 Å². The molecular weight excluding hydrogens is 350 g/mol. The number of ether oxygens (including phenoxy) is 2. The van der Waals surface area contributed by atoms with E-state index in [0.717, 1.165) is 6.42 Å². The molecule has 1 aliphatic heterocycles. The Labute approximate surface area is 150 Å². The van der Waals surface area contributed by atoms with Crippen LogP contribution in [0, 0.1) is 0 Å². The Hall–Kier alpha value is -2.22. The van der Waals surface area contributed by atoms with E-state index in [0.29, 0.717) is 28.4 Å². The summed E-state index contributed by atoms with van der Waals surface area (Å²) < 4.78 is 35.2. The Morgan fingerprint density at radius 3 is 2.68 bits per heavy atom. The number of benzene rings is 1. The number of carbonyl (C=O) groups excluding carboxylic acids is 1. The third kappa shape index (κ3) is 4.66. The largest absolute Gasteiger partial charge is 0.463 e. The maximum absolute atomic E-state index is 12.7. The number of alkyl halides is 2. The van der Waals surface area contributed by atoms with E-state index in [1.807, 2.05) is 6.92 Å². The Balaban J connectivity index is 2.54. The van der Waals surface area contributed by atoms with Crippen LogP contribution in [-0.4, -0.2) is 24.3 Å². The van der Waals surface area contributed by atoms with Crippen molar-refractivity contribution in [1.82, 2.24) is 10.6 Å². The summed E-state index contributed by atoms with van der Waals surface area (Å²) in [4.78, 5) is 12.5. The molecule has 0 aliphatic carbocycles. The van der Waals surface area contributed by atoms with Gasteiger partial charge in [0.25, 0.3) is 0 Å². The predicted octanol–water partition coefficient (Wildman–Crippen LogP) is 3.42. The lowest BCUT2D eigenvalue weighted by Gasteiger charge is -2.31. The maximum Gasteiger partial charge on any atom is 0.387 e. The highest BCUT2D eigenvalue weighted by molar-refractivity contribution is 7.80. The van der Waals surface area contributed by atoms with Crippen molar-refractivity contribution in [2.24, 2.45) is 0 Å². The Morgan fingerprint density at radius 2 is 2.04 bits per heavy atom. The number of allylic oxidation sites excluding steroid dienone is 1. The summed E-state index contributed by atoms with van der Waals surface area (Å²) in [6.45, 7) is 0.897. The van der Waals surface area contributed by atoms with Gasteiger partial charge in [0.2, 0.25) is 0 Å². The molecule has 1 aliphatic rings. The molecule has 1 atom stereocenters. The number of carbonyl (C=O) groups is 1. The van der Waals surface area contributed by atoms with Crippen LogP contribution in [0.2, 0.25) is 0 Å². The zero-order valence-corrected chi connectivity index (χ0v) is 14.8. The fraction of sp³-hybridized carbons (Fsp3) is 0.412. The van der Waals surface area contributed by atoms with Crippen molar-refractivity contribution >= 4 is 23.3 Å². The fourth-order valence-electron chi connectivity index (χ4n) is 2.67. The Bertz CT molecular complexity index is 680. The summed E-state index contributed by atoms with van der Waals surface area (Å²) >= 11 is 5.21. The molecule has 0 aromatic heterocycles. The first kappa shape index (κ1) is 19.1. The molecule has 8 heteroatoms. The molecule has 1 aromatic rings. The third-order valence-corrected chi connectivity index (χ3v) is 3.81. The maximum atomic E-state index is 12.7. The molecule has 0 unspecified atom stereocenters. The zero-order valence-electron chi connectivity index (χ0n) is 14.0. The minimum absolute atomic E-state index is 0.0163. The number of thiocarbonyl (C=S) groups is 1. The Morgan fingerprint density at radius 1 is 1.32 bits per heavy atom. The SMILES string of the molecule is CCCC1=C(C(=O)OCC)[C@H](c2ccccc2OC(F)F)NC(=S)N1. The molecule has 0 saturated heterocycles. The zero-order chi connectivity index (χ0) is 18.4. The molecule has 2 N–H and O–H groups in total. The van der Waals surface area contributed by atoms with Gasteiger partial charge in [0.1, 0.15) is 5.75 Å². The Kier molecular flexibility index (Phi) is 6.69. The van der Waals surface area contributed by atoms with E-state index >= 15 is 0 Å². The van der Waals surface area contributed by atoms with Crippen LogP contribution < -0.4 is 15.4 Å². The highest BCUT2D eigenvalue weighted by atomic mass is 32.1. The van der Waals surface area contributed by atoms with Crippen molar-refractivity contribution in [2.75, 3.05) is 6.61 Å². The van der Waals surface area contributed by atoms with Gasteiger partial charge in [0, 0.05) is 11.3 Å². The van der Waals surface area contributed by atoms with Crippen molar-refractivity contribution < 1.29 is 23.0 Å². The van der Waals surface area contributed by atoms with Gasteiger partial charge in [-0.2, -0.15) is 8.78 Å². The normalized spacial score (nSPS) is 17.2. The molecule has 0 radical (unpaired) electrons. The van der Waals surface area contributed by atoms with E-state index in [1.54, 1.807) is 25.1 Å². The molecule has 2 rings (SSSR count). The summed E-state index contributed by atoms with van der Waals surface area (Å²) in [7, 11) is 0. The number of rotatable bonds is 7. The molecule has 0 amide bonds. The summed E-state index contributed by atoms with van der Waals surface area (Å²) in [5, 5.41) is 6.25. The number of esters is 1. The van der Waals surface area contributed by atoms with E-state index in [1.165, 1.54) is 6.07 Å². The molecule has 0 fully saturated rings. The van der Waals surface area contributed by atoms with Crippen molar-refractivity contribution in [3.8, 4) is 5.75 Å². The van der Waals surface area contributed by atoms with Crippen LogP contribution in [0.4, 0.5) is 8.78 Å². The lowest BCUT2D eigenvalue weighted by atomic mass is 9.93. The van der Waals surface area contributed by atoms with Gasteiger partial charge < -0.3 is 20.1 Å². The van der Waals surface area contributed by atoms with Crippen LogP contribution in [0.15, 0.2) is 35.5 Å². The molecule has 0 saturated carbocycles. The first-order valence-electron chi connectivity index (χ1n) is 7.99. The first-order chi connectivity index (χ1) is 12.0. The summed E-state index contributed by atoms with van der Waals surface area (Å²) in [5.41, 5.74) is 1.34. The molecule has 25 heavy (non-hydrogen) atoms. The number of hydrogen-bond donors (Lipinski definition) is 2. The topological polar surface area (TPSA) is 59.6 Å².